The molecule has 2 rings (SSSR count). The molecule has 2 N–H and O–H groups in total. The molecule has 0 saturated heterocycles. The van der Waals surface area contributed by atoms with E-state index in [0.717, 1.165) is 19.1 Å². The van der Waals surface area contributed by atoms with E-state index in [1.54, 1.807) is 0 Å². The highest BCUT2D eigenvalue weighted by atomic mass is 15.0. The summed E-state index contributed by atoms with van der Waals surface area (Å²) in [6.45, 7) is 8.63. The van der Waals surface area contributed by atoms with Gasteiger partial charge in [0.1, 0.15) is 0 Å². The second kappa shape index (κ2) is 6.95. The van der Waals surface area contributed by atoms with Crippen LogP contribution in [-0.4, -0.2) is 19.1 Å². The second-order valence-electron chi connectivity index (χ2n) is 5.99. The molecule has 106 valence electrons. The Morgan fingerprint density at radius 2 is 1.58 bits per heavy atom. The van der Waals surface area contributed by atoms with Gasteiger partial charge < -0.3 is 10.6 Å². The van der Waals surface area contributed by atoms with Crippen molar-refractivity contribution in [2.24, 2.45) is 0 Å². The molecule has 2 nitrogen and oxygen atoms in total. The average molecular weight is 260 g/mol. The Balaban J connectivity index is 1.76. The van der Waals surface area contributed by atoms with Gasteiger partial charge in [-0.3, -0.25) is 0 Å². The zero-order valence-corrected chi connectivity index (χ0v) is 12.7. The van der Waals surface area contributed by atoms with E-state index >= 15 is 0 Å². The lowest BCUT2D eigenvalue weighted by atomic mass is 9.95. The van der Waals surface area contributed by atoms with Gasteiger partial charge in [-0.15, -0.1) is 0 Å². The summed E-state index contributed by atoms with van der Waals surface area (Å²) in [6, 6.07) is 5.27. The molecule has 19 heavy (non-hydrogen) atoms. The maximum Gasteiger partial charge on any atom is 0.0400 e. The van der Waals surface area contributed by atoms with Crippen LogP contribution >= 0.6 is 0 Å². The number of aryl methyl sites for hydroxylation is 3. The van der Waals surface area contributed by atoms with E-state index in [4.69, 9.17) is 0 Å². The smallest absolute Gasteiger partial charge is 0.0400 e. The van der Waals surface area contributed by atoms with Gasteiger partial charge in [-0.1, -0.05) is 37.0 Å². The first-order chi connectivity index (χ1) is 9.16. The highest BCUT2D eigenvalue weighted by Crippen LogP contribution is 2.21. The third-order valence-corrected chi connectivity index (χ3v) is 4.14. The van der Waals surface area contributed by atoms with Gasteiger partial charge in [-0.05, 0) is 44.7 Å². The Labute approximate surface area is 118 Å². The summed E-state index contributed by atoms with van der Waals surface area (Å²) in [5.74, 6) is 0. The van der Waals surface area contributed by atoms with E-state index in [9.17, 15) is 0 Å². The van der Waals surface area contributed by atoms with Crippen molar-refractivity contribution in [3.05, 3.63) is 28.8 Å². The molecule has 0 unspecified atom stereocenters. The van der Waals surface area contributed by atoms with E-state index in [0.29, 0.717) is 0 Å². The van der Waals surface area contributed by atoms with Crippen molar-refractivity contribution >= 4 is 5.69 Å². The Morgan fingerprint density at radius 1 is 0.947 bits per heavy atom. The lowest BCUT2D eigenvalue weighted by Gasteiger charge is -2.23. The molecule has 0 atom stereocenters. The van der Waals surface area contributed by atoms with Crippen molar-refractivity contribution in [3.8, 4) is 0 Å². The molecule has 1 saturated carbocycles. The summed E-state index contributed by atoms with van der Waals surface area (Å²) < 4.78 is 0. The fraction of sp³-hybridized carbons (Fsp3) is 0.647. The molecule has 0 bridgehead atoms. The summed E-state index contributed by atoms with van der Waals surface area (Å²) in [7, 11) is 0. The summed E-state index contributed by atoms with van der Waals surface area (Å²) in [5, 5.41) is 7.27. The summed E-state index contributed by atoms with van der Waals surface area (Å²) in [5.41, 5.74) is 5.38. The van der Waals surface area contributed by atoms with Gasteiger partial charge in [0.15, 0.2) is 0 Å². The monoisotopic (exact) mass is 260 g/mol. The summed E-state index contributed by atoms with van der Waals surface area (Å²) in [4.78, 5) is 0. The predicted molar refractivity (Wildman–Crippen MR) is 84.0 cm³/mol. The topological polar surface area (TPSA) is 24.1 Å². The average Bonchev–Trinajstić information content (AvgIpc) is 2.38. The molecule has 2 heteroatoms. The second-order valence-corrected chi connectivity index (χ2v) is 5.99. The molecule has 1 aromatic carbocycles. The molecule has 1 aliphatic carbocycles. The van der Waals surface area contributed by atoms with Gasteiger partial charge in [0, 0.05) is 24.8 Å². The van der Waals surface area contributed by atoms with Crippen molar-refractivity contribution in [2.45, 2.75) is 58.9 Å². The maximum atomic E-state index is 3.68. The fourth-order valence-electron chi connectivity index (χ4n) is 3.23. The van der Waals surface area contributed by atoms with Gasteiger partial charge in [0.2, 0.25) is 0 Å². The maximum absolute atomic E-state index is 3.68. The minimum Gasteiger partial charge on any atom is -0.383 e. The van der Waals surface area contributed by atoms with Crippen LogP contribution in [0, 0.1) is 20.8 Å². The SMILES string of the molecule is Cc1cc(C)c(NCCNC2CCCCC2)c(C)c1. The third kappa shape index (κ3) is 4.24. The Hall–Kier alpha value is -1.02. The first kappa shape index (κ1) is 14.4. The molecule has 0 amide bonds. The van der Waals surface area contributed by atoms with Crippen LogP contribution in [0.2, 0.25) is 0 Å². The third-order valence-electron chi connectivity index (χ3n) is 4.14. The van der Waals surface area contributed by atoms with Crippen LogP contribution in [0.3, 0.4) is 0 Å². The van der Waals surface area contributed by atoms with E-state index in [1.807, 2.05) is 0 Å². The quantitative estimate of drug-likeness (QED) is 0.783. The van der Waals surface area contributed by atoms with E-state index in [1.165, 1.54) is 54.5 Å². The molecule has 0 aliphatic heterocycles. The highest BCUT2D eigenvalue weighted by Gasteiger charge is 2.11. The lowest BCUT2D eigenvalue weighted by Crippen LogP contribution is -2.34. The number of rotatable bonds is 5. The molecule has 1 aromatic rings. The van der Waals surface area contributed by atoms with Gasteiger partial charge in [0.05, 0.1) is 0 Å². The van der Waals surface area contributed by atoms with Gasteiger partial charge in [0.25, 0.3) is 0 Å². The van der Waals surface area contributed by atoms with Gasteiger partial charge >= 0.3 is 0 Å². The molecular weight excluding hydrogens is 232 g/mol. The highest BCUT2D eigenvalue weighted by molar-refractivity contribution is 5.58. The molecule has 1 fully saturated rings. The van der Waals surface area contributed by atoms with Crippen molar-refractivity contribution in [1.29, 1.82) is 0 Å². The zero-order chi connectivity index (χ0) is 13.7. The molecule has 0 heterocycles. The van der Waals surface area contributed by atoms with Crippen LogP contribution < -0.4 is 10.6 Å². The van der Waals surface area contributed by atoms with Crippen LogP contribution in [0.1, 0.15) is 48.8 Å². The Kier molecular flexibility index (Phi) is 5.26. The largest absolute Gasteiger partial charge is 0.383 e. The first-order valence-electron chi connectivity index (χ1n) is 7.72. The fourth-order valence-corrected chi connectivity index (χ4v) is 3.23. The van der Waals surface area contributed by atoms with Crippen molar-refractivity contribution in [3.63, 3.8) is 0 Å². The van der Waals surface area contributed by atoms with Crippen molar-refractivity contribution in [1.82, 2.24) is 5.32 Å². The molecule has 1 aliphatic rings. The van der Waals surface area contributed by atoms with Crippen LogP contribution in [0.5, 0.6) is 0 Å². The van der Waals surface area contributed by atoms with Crippen molar-refractivity contribution < 1.29 is 0 Å². The van der Waals surface area contributed by atoms with E-state index in [-0.39, 0.29) is 0 Å². The van der Waals surface area contributed by atoms with Crippen LogP contribution in [-0.2, 0) is 0 Å². The predicted octanol–water partition coefficient (Wildman–Crippen LogP) is 3.95. The molecule has 0 spiro atoms. The van der Waals surface area contributed by atoms with Gasteiger partial charge in [-0.2, -0.15) is 0 Å². The summed E-state index contributed by atoms with van der Waals surface area (Å²) in [6.07, 6.45) is 6.96. The van der Waals surface area contributed by atoms with Crippen LogP contribution in [0.25, 0.3) is 0 Å². The number of benzene rings is 1. The normalized spacial score (nSPS) is 16.6. The first-order valence-corrected chi connectivity index (χ1v) is 7.72. The molecule has 0 radical (unpaired) electrons. The minimum atomic E-state index is 0.760. The number of hydrogen-bond acceptors (Lipinski definition) is 2. The van der Waals surface area contributed by atoms with E-state index < -0.39 is 0 Å². The number of hydrogen-bond donors (Lipinski definition) is 2. The van der Waals surface area contributed by atoms with Gasteiger partial charge in [-0.25, -0.2) is 0 Å². The molecule has 0 aromatic heterocycles. The summed E-state index contributed by atoms with van der Waals surface area (Å²) >= 11 is 0. The zero-order valence-electron chi connectivity index (χ0n) is 12.7. The standard InChI is InChI=1S/C17H28N2/c1-13-11-14(2)17(15(3)12-13)19-10-9-18-16-7-5-4-6-8-16/h11-12,16,18-19H,4-10H2,1-3H3. The minimum absolute atomic E-state index is 0.760. The van der Waals surface area contributed by atoms with Crippen molar-refractivity contribution in [2.75, 3.05) is 18.4 Å². The Morgan fingerprint density at radius 3 is 2.21 bits per heavy atom. The van der Waals surface area contributed by atoms with Crippen LogP contribution in [0.4, 0.5) is 5.69 Å². The Bertz CT molecular complexity index is 383. The molecular formula is C17H28N2. The van der Waals surface area contributed by atoms with Crippen LogP contribution in [0.15, 0.2) is 12.1 Å². The van der Waals surface area contributed by atoms with E-state index in [2.05, 4.69) is 43.5 Å². The number of nitrogens with one attached hydrogen (secondary N) is 2. The lowest BCUT2D eigenvalue weighted by molar-refractivity contribution is 0.378. The number of anilines is 1.